The van der Waals surface area contributed by atoms with E-state index in [0.29, 0.717) is 23.4 Å². The zero-order chi connectivity index (χ0) is 21.8. The summed E-state index contributed by atoms with van der Waals surface area (Å²) in [6, 6.07) is 22.4. The van der Waals surface area contributed by atoms with Gasteiger partial charge in [-0.15, -0.1) is 0 Å². The van der Waals surface area contributed by atoms with Crippen LogP contribution >= 0.6 is 0 Å². The number of halogens is 1. The van der Waals surface area contributed by atoms with E-state index in [2.05, 4.69) is 5.32 Å². The number of nitrogens with zero attached hydrogens (tertiary/aromatic N) is 1. The molecule has 5 nitrogen and oxygen atoms in total. The molecule has 0 aliphatic carbocycles. The topological polar surface area (TPSA) is 58.6 Å². The first kappa shape index (κ1) is 20.3. The zero-order valence-electron chi connectivity index (χ0n) is 17.0. The number of rotatable bonds is 7. The molecule has 3 aromatic carbocycles. The summed E-state index contributed by atoms with van der Waals surface area (Å²) in [6.45, 7) is 0.246. The lowest BCUT2D eigenvalue weighted by Crippen LogP contribution is -2.34. The van der Waals surface area contributed by atoms with Gasteiger partial charge in [0.2, 0.25) is 0 Å². The summed E-state index contributed by atoms with van der Waals surface area (Å²) < 4.78 is 18.9. The lowest BCUT2D eigenvalue weighted by Gasteiger charge is -2.15. The number of methoxy groups -OCH3 is 1. The highest BCUT2D eigenvalue weighted by atomic mass is 19.1. The van der Waals surface area contributed by atoms with Crippen molar-refractivity contribution >= 4 is 23.1 Å². The van der Waals surface area contributed by atoms with Gasteiger partial charge in [0.05, 0.1) is 12.7 Å². The average Bonchev–Trinajstić information content (AvgIpc) is 3.02. The molecule has 0 radical (unpaired) electrons. The van der Waals surface area contributed by atoms with Crippen LogP contribution in [0, 0.1) is 5.82 Å². The Morgan fingerprint density at radius 2 is 1.65 bits per heavy atom. The van der Waals surface area contributed by atoms with Crippen LogP contribution in [-0.4, -0.2) is 30.4 Å². The molecule has 0 fully saturated rings. The van der Waals surface area contributed by atoms with Crippen LogP contribution in [0.15, 0.2) is 84.6 Å². The fourth-order valence-corrected chi connectivity index (χ4v) is 3.52. The van der Waals surface area contributed by atoms with Crippen molar-refractivity contribution in [3.05, 3.63) is 102 Å². The Hall–Kier alpha value is -3.93. The van der Waals surface area contributed by atoms with E-state index in [0.717, 1.165) is 5.56 Å². The minimum absolute atomic E-state index is 0.133. The molecule has 0 aromatic heterocycles. The Kier molecular flexibility index (Phi) is 5.80. The van der Waals surface area contributed by atoms with Crippen LogP contribution in [-0.2, 0) is 16.0 Å². The van der Waals surface area contributed by atoms with Crippen molar-refractivity contribution < 1.29 is 18.7 Å². The molecule has 0 atom stereocenters. The third-order valence-corrected chi connectivity index (χ3v) is 5.11. The Balaban J connectivity index is 1.67. The summed E-state index contributed by atoms with van der Waals surface area (Å²) >= 11 is 0. The van der Waals surface area contributed by atoms with Gasteiger partial charge in [-0.3, -0.25) is 14.5 Å². The normalized spacial score (nSPS) is 13.7. The predicted octanol–water partition coefficient (Wildman–Crippen LogP) is 4.27. The van der Waals surface area contributed by atoms with Gasteiger partial charge in [-0.2, -0.15) is 0 Å². The van der Waals surface area contributed by atoms with Gasteiger partial charge in [0.15, 0.2) is 0 Å². The van der Waals surface area contributed by atoms with Crippen LogP contribution in [0.25, 0.3) is 5.57 Å². The smallest absolute Gasteiger partial charge is 0.278 e. The Labute approximate surface area is 179 Å². The first-order valence-electron chi connectivity index (χ1n) is 9.88. The molecule has 3 aromatic rings. The predicted molar refractivity (Wildman–Crippen MR) is 117 cm³/mol. The number of carbonyl (C=O) groups excluding carboxylic acids is 2. The number of hydrogen-bond acceptors (Lipinski definition) is 4. The number of imide groups is 1. The summed E-state index contributed by atoms with van der Waals surface area (Å²) in [5, 5.41) is 2.96. The Morgan fingerprint density at radius 3 is 2.32 bits per heavy atom. The molecule has 156 valence electrons. The molecule has 1 aliphatic rings. The minimum Gasteiger partial charge on any atom is -0.497 e. The van der Waals surface area contributed by atoms with Crippen molar-refractivity contribution in [1.82, 2.24) is 4.90 Å². The Bertz CT molecular complexity index is 1140. The number of nitrogens with one attached hydrogen (secondary N) is 1. The van der Waals surface area contributed by atoms with Crippen LogP contribution in [0.3, 0.4) is 0 Å². The van der Waals surface area contributed by atoms with Gasteiger partial charge in [0.1, 0.15) is 17.3 Å². The molecule has 0 saturated heterocycles. The maximum Gasteiger partial charge on any atom is 0.278 e. The number of hydrogen-bond donors (Lipinski definition) is 1. The number of benzene rings is 3. The van der Waals surface area contributed by atoms with Crippen molar-refractivity contribution in [3.8, 4) is 5.75 Å². The minimum atomic E-state index is -0.436. The quantitative estimate of drug-likeness (QED) is 0.585. The van der Waals surface area contributed by atoms with Crippen LogP contribution in [0.4, 0.5) is 10.1 Å². The van der Waals surface area contributed by atoms with E-state index in [1.807, 2.05) is 30.3 Å². The molecule has 0 unspecified atom stereocenters. The van der Waals surface area contributed by atoms with E-state index in [1.54, 1.807) is 43.5 Å². The highest BCUT2D eigenvalue weighted by Gasteiger charge is 2.39. The zero-order valence-corrected chi connectivity index (χ0v) is 17.0. The third kappa shape index (κ3) is 4.33. The molecule has 6 heteroatoms. The van der Waals surface area contributed by atoms with Crippen molar-refractivity contribution in [2.75, 3.05) is 19.0 Å². The Morgan fingerprint density at radius 1 is 0.903 bits per heavy atom. The van der Waals surface area contributed by atoms with Gasteiger partial charge in [0, 0.05) is 12.2 Å². The van der Waals surface area contributed by atoms with E-state index < -0.39 is 11.7 Å². The van der Waals surface area contributed by atoms with E-state index in [1.165, 1.54) is 17.0 Å². The standard InChI is InChI=1S/C25H21FN2O3/c1-31-21-12-10-18(11-13-21)22-23(27-20-9-5-8-19(26)16-20)25(30)28(24(22)29)15-14-17-6-3-2-4-7-17/h2-13,16,27H,14-15H2,1H3. The summed E-state index contributed by atoms with van der Waals surface area (Å²) in [5.41, 5.74) is 2.40. The monoisotopic (exact) mass is 416 g/mol. The van der Waals surface area contributed by atoms with Crippen molar-refractivity contribution in [2.45, 2.75) is 6.42 Å². The molecule has 4 rings (SSSR count). The SMILES string of the molecule is COc1ccc(C2=C(Nc3cccc(F)c3)C(=O)N(CCc3ccccc3)C2=O)cc1. The highest BCUT2D eigenvalue weighted by Crippen LogP contribution is 2.31. The number of amides is 2. The molecule has 0 bridgehead atoms. The molecule has 0 saturated carbocycles. The van der Waals surface area contributed by atoms with Crippen molar-refractivity contribution in [2.24, 2.45) is 0 Å². The summed E-state index contributed by atoms with van der Waals surface area (Å²) in [4.78, 5) is 27.7. The lowest BCUT2D eigenvalue weighted by atomic mass is 10.0. The number of carbonyl (C=O) groups is 2. The fourth-order valence-electron chi connectivity index (χ4n) is 3.52. The second-order valence-electron chi connectivity index (χ2n) is 7.11. The summed E-state index contributed by atoms with van der Waals surface area (Å²) in [6.07, 6.45) is 0.543. The first-order chi connectivity index (χ1) is 15.1. The second kappa shape index (κ2) is 8.83. The maximum absolute atomic E-state index is 13.7. The van der Waals surface area contributed by atoms with Gasteiger partial charge in [-0.25, -0.2) is 4.39 Å². The van der Waals surface area contributed by atoms with E-state index in [-0.39, 0.29) is 23.7 Å². The van der Waals surface area contributed by atoms with Gasteiger partial charge in [-0.05, 0) is 47.9 Å². The summed E-state index contributed by atoms with van der Waals surface area (Å²) in [7, 11) is 1.56. The van der Waals surface area contributed by atoms with Crippen molar-refractivity contribution in [1.29, 1.82) is 0 Å². The van der Waals surface area contributed by atoms with E-state index in [9.17, 15) is 14.0 Å². The summed E-state index contributed by atoms with van der Waals surface area (Å²) in [5.74, 6) is -0.614. The van der Waals surface area contributed by atoms with Gasteiger partial charge in [0.25, 0.3) is 11.8 Å². The van der Waals surface area contributed by atoms with Gasteiger partial charge >= 0.3 is 0 Å². The van der Waals surface area contributed by atoms with E-state index >= 15 is 0 Å². The molecular formula is C25H21FN2O3. The highest BCUT2D eigenvalue weighted by molar-refractivity contribution is 6.36. The largest absolute Gasteiger partial charge is 0.497 e. The van der Waals surface area contributed by atoms with Gasteiger partial charge in [-0.1, -0.05) is 48.5 Å². The first-order valence-corrected chi connectivity index (χ1v) is 9.88. The van der Waals surface area contributed by atoms with Crippen LogP contribution in [0.5, 0.6) is 5.75 Å². The fraction of sp³-hybridized carbons (Fsp3) is 0.120. The van der Waals surface area contributed by atoms with E-state index in [4.69, 9.17) is 4.74 Å². The van der Waals surface area contributed by atoms with Crippen LogP contribution in [0.2, 0.25) is 0 Å². The maximum atomic E-state index is 13.7. The molecule has 2 amide bonds. The number of anilines is 1. The van der Waals surface area contributed by atoms with Crippen molar-refractivity contribution in [3.63, 3.8) is 0 Å². The number of ether oxygens (including phenoxy) is 1. The molecule has 0 spiro atoms. The molecule has 1 heterocycles. The molecular weight excluding hydrogens is 395 g/mol. The third-order valence-electron chi connectivity index (χ3n) is 5.11. The average molecular weight is 416 g/mol. The molecule has 1 N–H and O–H groups in total. The molecule has 31 heavy (non-hydrogen) atoms. The van der Waals surface area contributed by atoms with Gasteiger partial charge < -0.3 is 10.1 Å². The lowest BCUT2D eigenvalue weighted by molar-refractivity contribution is -0.136. The van der Waals surface area contributed by atoms with Crippen LogP contribution in [0.1, 0.15) is 11.1 Å². The van der Waals surface area contributed by atoms with Crippen LogP contribution < -0.4 is 10.1 Å². The second-order valence-corrected chi connectivity index (χ2v) is 7.11. The molecule has 1 aliphatic heterocycles.